The van der Waals surface area contributed by atoms with Crippen LogP contribution in [0.3, 0.4) is 0 Å². The Morgan fingerprint density at radius 1 is 0.839 bits per heavy atom. The van der Waals surface area contributed by atoms with Gasteiger partial charge in [0.15, 0.2) is 17.6 Å². The highest BCUT2D eigenvalue weighted by Gasteiger charge is 2.29. The van der Waals surface area contributed by atoms with Crippen LogP contribution in [0.1, 0.15) is 118 Å². The molecule has 11 nitrogen and oxygen atoms in total. The number of benzene rings is 3. The molecule has 0 bridgehead atoms. The molecule has 0 saturated carbocycles. The number of aromatic amines is 1. The summed E-state index contributed by atoms with van der Waals surface area (Å²) in [4.78, 5) is 30.3. The minimum atomic E-state index is -0.701. The quantitative estimate of drug-likeness (QED) is 0.0802. The van der Waals surface area contributed by atoms with E-state index in [-0.39, 0.29) is 27.1 Å². The van der Waals surface area contributed by atoms with Crippen LogP contribution < -0.4 is 20.5 Å². The lowest BCUT2D eigenvalue weighted by molar-refractivity contribution is -0.122. The molecule has 5 rings (SSSR count). The third kappa shape index (κ3) is 9.18. The van der Waals surface area contributed by atoms with Gasteiger partial charge in [-0.1, -0.05) is 105 Å². The molecule has 2 heterocycles. The molecule has 12 heteroatoms. The van der Waals surface area contributed by atoms with Crippen LogP contribution in [-0.4, -0.2) is 54.7 Å². The number of para-hydroxylation sites is 1. The van der Waals surface area contributed by atoms with Crippen LogP contribution in [-0.2, 0) is 15.6 Å². The summed E-state index contributed by atoms with van der Waals surface area (Å²) in [6, 6.07) is 23.1. The molecule has 5 aromatic rings. The van der Waals surface area contributed by atoms with Crippen LogP contribution in [0.5, 0.6) is 5.75 Å². The van der Waals surface area contributed by atoms with Crippen LogP contribution in [0.25, 0.3) is 17.1 Å². The second-order valence-corrected chi connectivity index (χ2v) is 16.2. The molecule has 56 heavy (non-hydrogen) atoms. The van der Waals surface area contributed by atoms with Crippen molar-refractivity contribution < 1.29 is 9.53 Å². The van der Waals surface area contributed by atoms with Gasteiger partial charge in [0.05, 0.1) is 11.4 Å². The number of unbranched alkanes of at least 4 members (excludes halogenated alkanes) is 2. The first-order valence-electron chi connectivity index (χ1n) is 20.2. The standard InChI is InChI=1S/C44H60N8O3S/c1-10-15-28-49(29-16-11-2)39-38(52-42(56)51(47-48-52)33-20-18-17-19-21-33)41(54)50(46-39)34-25-23-32(24-26-34)45-40(53)36(12-3)55-37-27-22-31(43(6,7)13-4)30-35(37)44(8,9)14-5/h17-27,30,36,46H,10-16,28-29H2,1-9H3,(H,45,53). The fraction of sp³-hybridized carbons (Fsp3) is 0.477. The summed E-state index contributed by atoms with van der Waals surface area (Å²) in [7, 11) is 0. The molecule has 300 valence electrons. The Hall–Kier alpha value is -4.97. The Balaban J connectivity index is 1.45. The molecule has 1 amide bonds. The maximum atomic E-state index is 14.4. The van der Waals surface area contributed by atoms with Crippen molar-refractivity contribution in [1.29, 1.82) is 0 Å². The van der Waals surface area contributed by atoms with E-state index < -0.39 is 6.10 Å². The van der Waals surface area contributed by atoms with E-state index in [1.807, 2.05) is 55.5 Å². The van der Waals surface area contributed by atoms with Crippen LogP contribution >= 0.6 is 12.2 Å². The normalized spacial score (nSPS) is 12.4. The predicted molar refractivity (Wildman–Crippen MR) is 230 cm³/mol. The molecule has 0 saturated heterocycles. The minimum absolute atomic E-state index is 0.0261. The van der Waals surface area contributed by atoms with Crippen molar-refractivity contribution in [2.75, 3.05) is 23.3 Å². The number of aromatic nitrogens is 6. The Kier molecular flexibility index (Phi) is 13.8. The van der Waals surface area contributed by atoms with Crippen LogP contribution in [0.15, 0.2) is 77.6 Å². The van der Waals surface area contributed by atoms with E-state index in [4.69, 9.17) is 17.0 Å². The molecule has 0 aliphatic heterocycles. The monoisotopic (exact) mass is 780 g/mol. The zero-order valence-electron chi connectivity index (χ0n) is 34.7. The number of ether oxygens (including phenoxy) is 1. The van der Waals surface area contributed by atoms with E-state index in [2.05, 4.69) is 93.3 Å². The van der Waals surface area contributed by atoms with Gasteiger partial charge >= 0.3 is 0 Å². The summed E-state index contributed by atoms with van der Waals surface area (Å²) in [5, 5.41) is 15.2. The molecule has 0 spiro atoms. The zero-order chi connectivity index (χ0) is 40.6. The molecular weight excluding hydrogens is 721 g/mol. The summed E-state index contributed by atoms with van der Waals surface area (Å²) < 4.78 is 11.3. The zero-order valence-corrected chi connectivity index (χ0v) is 35.5. The van der Waals surface area contributed by atoms with E-state index in [9.17, 15) is 9.59 Å². The number of carbonyl (C=O) groups excluding carboxylic acids is 1. The SMILES string of the molecule is CCCCN(CCCC)c1[nH]n(-c2ccc(NC(=O)C(CC)Oc3ccc(C(C)(C)CC)cc3C(C)(C)CC)cc2)c(=O)c1-n1nnn(-c2ccccc2)c1=S. The fourth-order valence-electron chi connectivity index (χ4n) is 6.53. The van der Waals surface area contributed by atoms with Crippen molar-refractivity contribution in [3.63, 3.8) is 0 Å². The minimum Gasteiger partial charge on any atom is -0.480 e. The van der Waals surface area contributed by atoms with Gasteiger partial charge in [0.1, 0.15) is 5.75 Å². The van der Waals surface area contributed by atoms with E-state index in [0.29, 0.717) is 29.3 Å². The van der Waals surface area contributed by atoms with Crippen molar-refractivity contribution in [2.24, 2.45) is 0 Å². The second kappa shape index (κ2) is 18.3. The van der Waals surface area contributed by atoms with Crippen LogP contribution in [0.2, 0.25) is 0 Å². The molecule has 0 aliphatic rings. The Bertz CT molecular complexity index is 2170. The summed E-state index contributed by atoms with van der Waals surface area (Å²) in [6.45, 7) is 21.1. The van der Waals surface area contributed by atoms with Crippen molar-refractivity contribution in [2.45, 2.75) is 124 Å². The highest BCUT2D eigenvalue weighted by Crippen LogP contribution is 2.39. The molecule has 0 radical (unpaired) electrons. The number of H-pyrrole nitrogens is 1. The van der Waals surface area contributed by atoms with E-state index >= 15 is 0 Å². The maximum absolute atomic E-state index is 14.4. The number of carbonyl (C=O) groups is 1. The summed E-state index contributed by atoms with van der Waals surface area (Å²) >= 11 is 5.85. The van der Waals surface area contributed by atoms with E-state index in [1.54, 1.807) is 16.8 Å². The first-order valence-corrected chi connectivity index (χ1v) is 20.6. The second-order valence-electron chi connectivity index (χ2n) is 15.8. The molecule has 2 aromatic heterocycles. The Morgan fingerprint density at radius 3 is 2.05 bits per heavy atom. The van der Waals surface area contributed by atoms with E-state index in [0.717, 1.165) is 68.6 Å². The van der Waals surface area contributed by atoms with Crippen molar-refractivity contribution >= 4 is 29.6 Å². The van der Waals surface area contributed by atoms with Crippen molar-refractivity contribution in [3.8, 4) is 22.8 Å². The lowest BCUT2D eigenvalue weighted by Gasteiger charge is -2.31. The lowest BCUT2D eigenvalue weighted by atomic mass is 9.76. The number of nitrogens with one attached hydrogen (secondary N) is 2. The van der Waals surface area contributed by atoms with Gasteiger partial charge in [-0.2, -0.15) is 9.36 Å². The highest BCUT2D eigenvalue weighted by atomic mass is 32.1. The fourth-order valence-corrected chi connectivity index (χ4v) is 6.80. The number of nitrogens with zero attached hydrogens (tertiary/aromatic N) is 6. The van der Waals surface area contributed by atoms with Crippen molar-refractivity contribution in [3.05, 3.63) is 99.0 Å². The number of hydrogen-bond acceptors (Lipinski definition) is 7. The number of amides is 1. The summed E-state index contributed by atoms with van der Waals surface area (Å²) in [6.07, 6.45) is 5.65. The Morgan fingerprint density at radius 2 is 1.46 bits per heavy atom. The number of anilines is 2. The molecule has 0 fully saturated rings. The van der Waals surface area contributed by atoms with Gasteiger partial charge in [-0.25, -0.2) is 4.68 Å². The smallest absolute Gasteiger partial charge is 0.299 e. The first-order chi connectivity index (χ1) is 26.8. The predicted octanol–water partition coefficient (Wildman–Crippen LogP) is 9.84. The van der Waals surface area contributed by atoms with Crippen LogP contribution in [0, 0.1) is 4.77 Å². The molecular formula is C44H60N8O3S. The van der Waals surface area contributed by atoms with Gasteiger partial charge in [-0.05, 0) is 114 Å². The van der Waals surface area contributed by atoms with Crippen molar-refractivity contribution in [1.82, 2.24) is 29.6 Å². The molecule has 0 aliphatic carbocycles. The lowest BCUT2D eigenvalue weighted by Crippen LogP contribution is -2.33. The van der Waals surface area contributed by atoms with Crippen LogP contribution in [0.4, 0.5) is 11.5 Å². The van der Waals surface area contributed by atoms with Gasteiger partial charge in [0.2, 0.25) is 4.77 Å². The summed E-state index contributed by atoms with van der Waals surface area (Å²) in [5.74, 6) is 1.13. The average Bonchev–Trinajstić information content (AvgIpc) is 3.75. The van der Waals surface area contributed by atoms with Gasteiger partial charge in [-0.15, -0.1) is 0 Å². The first kappa shape index (κ1) is 42.2. The number of rotatable bonds is 19. The average molecular weight is 781 g/mol. The number of hydrogen-bond donors (Lipinski definition) is 2. The third-order valence-corrected chi connectivity index (χ3v) is 11.5. The molecule has 1 unspecified atom stereocenters. The maximum Gasteiger partial charge on any atom is 0.299 e. The Labute approximate surface area is 337 Å². The third-order valence-electron chi connectivity index (χ3n) is 11.1. The van der Waals surface area contributed by atoms with E-state index in [1.165, 1.54) is 14.9 Å². The van der Waals surface area contributed by atoms with Gasteiger partial charge in [0, 0.05) is 24.3 Å². The largest absolute Gasteiger partial charge is 0.480 e. The topological polar surface area (TPSA) is 115 Å². The van der Waals surface area contributed by atoms with Gasteiger partial charge < -0.3 is 15.0 Å². The molecule has 1 atom stereocenters. The number of tetrazole rings is 1. The molecule has 2 N–H and O–H groups in total. The summed E-state index contributed by atoms with van der Waals surface area (Å²) in [5.41, 5.74) is 4.19. The van der Waals surface area contributed by atoms with Gasteiger partial charge in [0.25, 0.3) is 11.5 Å². The molecule has 3 aromatic carbocycles. The highest BCUT2D eigenvalue weighted by molar-refractivity contribution is 7.71. The van der Waals surface area contributed by atoms with Gasteiger partial charge in [-0.3, -0.25) is 14.7 Å².